The lowest BCUT2D eigenvalue weighted by Crippen LogP contribution is -2.06. The number of rotatable bonds is 6. The third-order valence-electron chi connectivity index (χ3n) is 3.29. The second-order valence-corrected chi connectivity index (χ2v) is 6.38. The third-order valence-corrected chi connectivity index (χ3v) is 4.11. The van der Waals surface area contributed by atoms with Gasteiger partial charge in [0.15, 0.2) is 0 Å². The average molecular weight is 411 g/mol. The summed E-state index contributed by atoms with van der Waals surface area (Å²) in [6.45, 7) is 2.02. The molecule has 2 rings (SSSR count). The molecule has 4 nitrogen and oxygen atoms in total. The van der Waals surface area contributed by atoms with Gasteiger partial charge in [-0.25, -0.2) is 4.79 Å². The van der Waals surface area contributed by atoms with Gasteiger partial charge in [0.1, 0.15) is 24.0 Å². The van der Waals surface area contributed by atoms with E-state index in [2.05, 4.69) is 0 Å². The molecule has 0 fully saturated rings. The molecular formula is C19H14Cl3NO3. The number of nitrogens with zero attached hydrogens (tertiary/aromatic N) is 1. The van der Waals surface area contributed by atoms with Crippen LogP contribution in [0.3, 0.4) is 0 Å². The van der Waals surface area contributed by atoms with Gasteiger partial charge < -0.3 is 9.47 Å². The van der Waals surface area contributed by atoms with E-state index in [1.165, 1.54) is 6.08 Å². The lowest BCUT2D eigenvalue weighted by molar-refractivity contribution is -0.137. The Bertz CT molecular complexity index is 888. The second kappa shape index (κ2) is 9.49. The summed E-state index contributed by atoms with van der Waals surface area (Å²) in [5.74, 6) is -0.265. The van der Waals surface area contributed by atoms with E-state index in [1.807, 2.05) is 6.07 Å². The first kappa shape index (κ1) is 20.1. The van der Waals surface area contributed by atoms with Crippen LogP contribution in [0.25, 0.3) is 6.08 Å². The molecule has 2 aromatic carbocycles. The molecule has 0 heterocycles. The normalized spacial score (nSPS) is 11.0. The van der Waals surface area contributed by atoms with E-state index in [-0.39, 0.29) is 18.8 Å². The minimum Gasteiger partial charge on any atom is -0.488 e. The first-order valence-electron chi connectivity index (χ1n) is 7.59. The first-order valence-corrected chi connectivity index (χ1v) is 8.73. The standard InChI is InChI=1S/C19H14Cl3NO3/c1-2-25-19(24)14(10-23)7-13-8-15(20)5-6-18(13)26-11-12-3-4-16(21)9-17(12)22/h3-9H,2,11H2,1H3/b14-7+. The molecule has 7 heteroatoms. The second-order valence-electron chi connectivity index (χ2n) is 5.10. The fraction of sp³-hybridized carbons (Fsp3) is 0.158. The molecule has 2 aromatic rings. The highest BCUT2D eigenvalue weighted by Crippen LogP contribution is 2.28. The molecule has 0 amide bonds. The monoisotopic (exact) mass is 409 g/mol. The summed E-state index contributed by atoms with van der Waals surface area (Å²) in [4.78, 5) is 11.8. The zero-order valence-corrected chi connectivity index (χ0v) is 16.0. The number of carbonyl (C=O) groups is 1. The Hall–Kier alpha value is -2.19. The number of ether oxygens (including phenoxy) is 2. The SMILES string of the molecule is CCOC(=O)/C(C#N)=C/c1cc(Cl)ccc1OCc1ccc(Cl)cc1Cl. The largest absolute Gasteiger partial charge is 0.488 e. The third kappa shape index (κ3) is 5.40. The van der Waals surface area contributed by atoms with Crippen molar-refractivity contribution in [2.45, 2.75) is 13.5 Å². The number of carbonyl (C=O) groups excluding carboxylic acids is 1. The van der Waals surface area contributed by atoms with Crippen LogP contribution in [0.5, 0.6) is 5.75 Å². The van der Waals surface area contributed by atoms with E-state index in [9.17, 15) is 10.1 Å². The van der Waals surface area contributed by atoms with E-state index in [1.54, 1.807) is 43.3 Å². The molecule has 0 aromatic heterocycles. The van der Waals surface area contributed by atoms with Crippen LogP contribution in [-0.4, -0.2) is 12.6 Å². The highest BCUT2D eigenvalue weighted by atomic mass is 35.5. The lowest BCUT2D eigenvalue weighted by atomic mass is 10.1. The van der Waals surface area contributed by atoms with Gasteiger partial charge in [-0.15, -0.1) is 0 Å². The van der Waals surface area contributed by atoms with Crippen molar-refractivity contribution >= 4 is 46.8 Å². The van der Waals surface area contributed by atoms with Gasteiger partial charge in [-0.05, 0) is 43.3 Å². The maximum absolute atomic E-state index is 11.8. The quantitative estimate of drug-likeness (QED) is 0.348. The van der Waals surface area contributed by atoms with Crippen LogP contribution < -0.4 is 4.74 Å². The Kier molecular flexibility index (Phi) is 7.35. The van der Waals surface area contributed by atoms with Crippen molar-refractivity contribution in [3.63, 3.8) is 0 Å². The topological polar surface area (TPSA) is 59.3 Å². The van der Waals surface area contributed by atoms with E-state index < -0.39 is 5.97 Å². The highest BCUT2D eigenvalue weighted by Gasteiger charge is 2.13. The molecule has 0 spiro atoms. The molecule has 26 heavy (non-hydrogen) atoms. The Labute approximate surface area is 166 Å². The Morgan fingerprint density at radius 1 is 1.15 bits per heavy atom. The minimum atomic E-state index is -0.707. The van der Waals surface area contributed by atoms with Gasteiger partial charge >= 0.3 is 5.97 Å². The maximum Gasteiger partial charge on any atom is 0.348 e. The summed E-state index contributed by atoms with van der Waals surface area (Å²) in [6, 6.07) is 11.8. The summed E-state index contributed by atoms with van der Waals surface area (Å²) in [7, 11) is 0. The van der Waals surface area contributed by atoms with Crippen LogP contribution in [0.4, 0.5) is 0 Å². The van der Waals surface area contributed by atoms with Crippen LogP contribution in [0.1, 0.15) is 18.1 Å². The van der Waals surface area contributed by atoms with Crippen molar-refractivity contribution < 1.29 is 14.3 Å². The molecule has 0 aliphatic rings. The highest BCUT2D eigenvalue weighted by molar-refractivity contribution is 6.35. The van der Waals surface area contributed by atoms with Crippen molar-refractivity contribution in [1.29, 1.82) is 5.26 Å². The molecule has 0 aliphatic heterocycles. The van der Waals surface area contributed by atoms with Gasteiger partial charge in [0, 0.05) is 26.2 Å². The van der Waals surface area contributed by atoms with Gasteiger partial charge in [-0.1, -0.05) is 40.9 Å². The summed E-state index contributed by atoms with van der Waals surface area (Å²) < 4.78 is 10.7. The van der Waals surface area contributed by atoms with Gasteiger partial charge in [0.25, 0.3) is 0 Å². The van der Waals surface area contributed by atoms with Crippen molar-refractivity contribution in [3.05, 3.63) is 68.2 Å². The van der Waals surface area contributed by atoms with Crippen molar-refractivity contribution in [3.8, 4) is 11.8 Å². The van der Waals surface area contributed by atoms with Crippen molar-refractivity contribution in [2.75, 3.05) is 6.61 Å². The average Bonchev–Trinajstić information content (AvgIpc) is 2.60. The number of nitriles is 1. The summed E-state index contributed by atoms with van der Waals surface area (Å²) >= 11 is 18.0. The fourth-order valence-electron chi connectivity index (χ4n) is 2.06. The van der Waals surface area contributed by atoms with Gasteiger partial charge in [0.05, 0.1) is 6.61 Å². The maximum atomic E-state index is 11.8. The minimum absolute atomic E-state index is 0.150. The fourth-order valence-corrected chi connectivity index (χ4v) is 2.70. The number of halogens is 3. The van der Waals surface area contributed by atoms with Crippen molar-refractivity contribution in [2.24, 2.45) is 0 Å². The van der Waals surface area contributed by atoms with Crippen LogP contribution in [0, 0.1) is 11.3 Å². The zero-order valence-electron chi connectivity index (χ0n) is 13.8. The molecule has 0 N–H and O–H groups in total. The van der Waals surface area contributed by atoms with E-state index in [0.29, 0.717) is 26.4 Å². The van der Waals surface area contributed by atoms with Gasteiger partial charge in [-0.2, -0.15) is 5.26 Å². The number of hydrogen-bond acceptors (Lipinski definition) is 4. The molecule has 0 saturated carbocycles. The van der Waals surface area contributed by atoms with Crippen molar-refractivity contribution in [1.82, 2.24) is 0 Å². The predicted octanol–water partition coefficient (Wildman–Crippen LogP) is 5.70. The first-order chi connectivity index (χ1) is 12.4. The van der Waals surface area contributed by atoms with Crippen LogP contribution in [0.15, 0.2) is 42.0 Å². The molecule has 0 radical (unpaired) electrons. The zero-order chi connectivity index (χ0) is 19.1. The molecule has 0 saturated heterocycles. The molecular weight excluding hydrogens is 397 g/mol. The molecule has 0 atom stereocenters. The van der Waals surface area contributed by atoms with Crippen LogP contribution >= 0.6 is 34.8 Å². The molecule has 0 aliphatic carbocycles. The van der Waals surface area contributed by atoms with Gasteiger partial charge in [0.2, 0.25) is 0 Å². The summed E-state index contributed by atoms with van der Waals surface area (Å²) in [6.07, 6.45) is 1.38. The lowest BCUT2D eigenvalue weighted by Gasteiger charge is -2.11. The van der Waals surface area contributed by atoms with E-state index in [4.69, 9.17) is 44.3 Å². The summed E-state index contributed by atoms with van der Waals surface area (Å²) in [5, 5.41) is 10.6. The van der Waals surface area contributed by atoms with Crippen LogP contribution in [-0.2, 0) is 16.1 Å². The smallest absolute Gasteiger partial charge is 0.348 e. The molecule has 0 bridgehead atoms. The Balaban J connectivity index is 2.29. The van der Waals surface area contributed by atoms with E-state index >= 15 is 0 Å². The van der Waals surface area contributed by atoms with E-state index in [0.717, 1.165) is 5.56 Å². The Morgan fingerprint density at radius 2 is 1.85 bits per heavy atom. The number of esters is 1. The molecule has 134 valence electrons. The number of hydrogen-bond donors (Lipinski definition) is 0. The number of benzene rings is 2. The Morgan fingerprint density at radius 3 is 2.50 bits per heavy atom. The summed E-state index contributed by atoms with van der Waals surface area (Å²) in [5.41, 5.74) is 1.07. The van der Waals surface area contributed by atoms with Crippen LogP contribution in [0.2, 0.25) is 15.1 Å². The van der Waals surface area contributed by atoms with Gasteiger partial charge in [-0.3, -0.25) is 0 Å². The molecule has 0 unspecified atom stereocenters. The predicted molar refractivity (Wildman–Crippen MR) is 102 cm³/mol.